The van der Waals surface area contributed by atoms with E-state index in [0.29, 0.717) is 6.42 Å². The Balaban J connectivity index is 2.02. The summed E-state index contributed by atoms with van der Waals surface area (Å²) in [6.07, 6.45) is 4.91. The van der Waals surface area contributed by atoms with Gasteiger partial charge < -0.3 is 4.90 Å². The summed E-state index contributed by atoms with van der Waals surface area (Å²) >= 11 is 0. The molecule has 1 aliphatic heterocycles. The summed E-state index contributed by atoms with van der Waals surface area (Å²) in [6.45, 7) is 3.71. The number of rotatable bonds is 3. The lowest BCUT2D eigenvalue weighted by Gasteiger charge is -2.21. The van der Waals surface area contributed by atoms with Crippen molar-refractivity contribution in [1.29, 1.82) is 5.26 Å². The van der Waals surface area contributed by atoms with Gasteiger partial charge in [-0.25, -0.2) is 0 Å². The molecule has 1 saturated heterocycles. The molecule has 0 aliphatic carbocycles. The first-order chi connectivity index (χ1) is 9.70. The Kier molecular flexibility index (Phi) is 5.17. The molecule has 1 heterocycles. The molecule has 3 nitrogen and oxygen atoms in total. The first-order valence-corrected chi connectivity index (χ1v) is 7.44. The number of carbonyl (C=O) groups is 1. The van der Waals surface area contributed by atoms with E-state index in [4.69, 9.17) is 0 Å². The molecular formula is C17H22N2O. The van der Waals surface area contributed by atoms with E-state index in [1.165, 1.54) is 12.8 Å². The van der Waals surface area contributed by atoms with Crippen LogP contribution in [0.3, 0.4) is 0 Å². The largest absolute Gasteiger partial charge is 0.343 e. The highest BCUT2D eigenvalue weighted by Crippen LogP contribution is 2.22. The number of hydrogen-bond donors (Lipinski definition) is 0. The number of aryl methyl sites for hydroxylation is 1. The lowest BCUT2D eigenvalue weighted by atomic mass is 9.95. The fourth-order valence-corrected chi connectivity index (χ4v) is 2.75. The maximum Gasteiger partial charge on any atom is 0.224 e. The fourth-order valence-electron chi connectivity index (χ4n) is 2.75. The fraction of sp³-hybridized carbons (Fsp3) is 0.529. The van der Waals surface area contributed by atoms with Gasteiger partial charge >= 0.3 is 0 Å². The molecule has 0 aromatic heterocycles. The molecule has 0 radical (unpaired) electrons. The smallest absolute Gasteiger partial charge is 0.224 e. The summed E-state index contributed by atoms with van der Waals surface area (Å²) in [5.41, 5.74) is 2.08. The van der Waals surface area contributed by atoms with Crippen molar-refractivity contribution in [3.05, 3.63) is 35.4 Å². The molecule has 1 aromatic carbocycles. The van der Waals surface area contributed by atoms with Crippen LogP contribution in [0.15, 0.2) is 24.3 Å². The highest BCUT2D eigenvalue weighted by molar-refractivity contribution is 5.77. The summed E-state index contributed by atoms with van der Waals surface area (Å²) in [7, 11) is 0. The van der Waals surface area contributed by atoms with Crippen LogP contribution in [0.5, 0.6) is 0 Å². The van der Waals surface area contributed by atoms with E-state index in [9.17, 15) is 10.1 Å². The number of amides is 1. The first kappa shape index (κ1) is 14.6. The van der Waals surface area contributed by atoms with Gasteiger partial charge in [-0.15, -0.1) is 0 Å². The third kappa shape index (κ3) is 3.84. The van der Waals surface area contributed by atoms with Crippen molar-refractivity contribution in [3.8, 4) is 6.07 Å². The van der Waals surface area contributed by atoms with Crippen LogP contribution in [0.25, 0.3) is 0 Å². The summed E-state index contributed by atoms with van der Waals surface area (Å²) < 4.78 is 0. The standard InChI is InChI=1S/C17H22N2O/c1-14-7-6-8-15(11-14)16(13-18)12-17(20)19-9-4-2-3-5-10-19/h6-8,11,16H,2-5,9-10,12H2,1H3. The summed E-state index contributed by atoms with van der Waals surface area (Å²) in [5.74, 6) is -0.203. The van der Waals surface area contributed by atoms with Crippen molar-refractivity contribution < 1.29 is 4.79 Å². The van der Waals surface area contributed by atoms with Crippen LogP contribution >= 0.6 is 0 Å². The van der Waals surface area contributed by atoms with Gasteiger partial charge in [0.2, 0.25) is 5.91 Å². The Morgan fingerprint density at radius 1 is 1.30 bits per heavy atom. The van der Waals surface area contributed by atoms with Gasteiger partial charge in [-0.05, 0) is 25.3 Å². The average Bonchev–Trinajstić information content (AvgIpc) is 2.73. The third-order valence-corrected chi connectivity index (χ3v) is 3.94. The van der Waals surface area contributed by atoms with Crippen LogP contribution in [-0.4, -0.2) is 23.9 Å². The van der Waals surface area contributed by atoms with E-state index in [0.717, 1.165) is 37.1 Å². The van der Waals surface area contributed by atoms with E-state index in [2.05, 4.69) is 6.07 Å². The monoisotopic (exact) mass is 270 g/mol. The molecule has 0 N–H and O–H groups in total. The zero-order valence-corrected chi connectivity index (χ0v) is 12.1. The van der Waals surface area contributed by atoms with Gasteiger partial charge in [-0.3, -0.25) is 4.79 Å². The molecule has 0 bridgehead atoms. The normalized spacial score (nSPS) is 17.1. The molecule has 0 spiro atoms. The lowest BCUT2D eigenvalue weighted by Crippen LogP contribution is -2.32. The second-order valence-corrected chi connectivity index (χ2v) is 5.59. The highest BCUT2D eigenvalue weighted by Gasteiger charge is 2.21. The van der Waals surface area contributed by atoms with E-state index in [-0.39, 0.29) is 11.8 Å². The second kappa shape index (κ2) is 7.09. The van der Waals surface area contributed by atoms with Crippen molar-refractivity contribution in [3.63, 3.8) is 0 Å². The number of benzene rings is 1. The van der Waals surface area contributed by atoms with Crippen molar-refractivity contribution in [2.45, 2.75) is 44.9 Å². The zero-order valence-electron chi connectivity index (χ0n) is 12.1. The summed E-state index contributed by atoms with van der Waals surface area (Å²) in [6, 6.07) is 10.2. The van der Waals surface area contributed by atoms with Crippen LogP contribution < -0.4 is 0 Å². The Hall–Kier alpha value is -1.82. The zero-order chi connectivity index (χ0) is 14.4. The van der Waals surface area contributed by atoms with Gasteiger partial charge in [0.15, 0.2) is 0 Å². The lowest BCUT2D eigenvalue weighted by molar-refractivity contribution is -0.131. The van der Waals surface area contributed by atoms with E-state index in [1.54, 1.807) is 0 Å². The Bertz CT molecular complexity index is 496. The molecule has 1 atom stereocenters. The van der Waals surface area contributed by atoms with Crippen LogP contribution in [0, 0.1) is 18.3 Å². The third-order valence-electron chi connectivity index (χ3n) is 3.94. The summed E-state index contributed by atoms with van der Waals surface area (Å²) in [4.78, 5) is 14.3. The molecule has 1 unspecified atom stereocenters. The molecule has 2 rings (SSSR count). The first-order valence-electron chi connectivity index (χ1n) is 7.44. The number of hydrogen-bond acceptors (Lipinski definition) is 2. The average molecular weight is 270 g/mol. The van der Waals surface area contributed by atoms with Crippen LogP contribution in [0.1, 0.15) is 49.1 Å². The number of nitrogens with zero attached hydrogens (tertiary/aromatic N) is 2. The van der Waals surface area contributed by atoms with E-state index in [1.807, 2.05) is 36.1 Å². The Labute approximate surface area is 121 Å². The Morgan fingerprint density at radius 3 is 2.60 bits per heavy atom. The minimum absolute atomic E-state index is 0.125. The predicted octanol–water partition coefficient (Wildman–Crippen LogP) is 3.39. The van der Waals surface area contributed by atoms with E-state index < -0.39 is 0 Å². The van der Waals surface area contributed by atoms with Gasteiger partial charge in [0.25, 0.3) is 0 Å². The quantitative estimate of drug-likeness (QED) is 0.845. The van der Waals surface area contributed by atoms with Crippen molar-refractivity contribution >= 4 is 5.91 Å². The highest BCUT2D eigenvalue weighted by atomic mass is 16.2. The minimum Gasteiger partial charge on any atom is -0.343 e. The SMILES string of the molecule is Cc1cccc(C(C#N)CC(=O)N2CCCCCC2)c1. The van der Waals surface area contributed by atoms with Crippen molar-refractivity contribution in [2.75, 3.05) is 13.1 Å². The van der Waals surface area contributed by atoms with Crippen LogP contribution in [0.2, 0.25) is 0 Å². The molecule has 106 valence electrons. The molecule has 1 fully saturated rings. The number of likely N-dealkylation sites (tertiary alicyclic amines) is 1. The summed E-state index contributed by atoms with van der Waals surface area (Å²) in [5, 5.41) is 9.35. The Morgan fingerprint density at radius 2 is 2.00 bits per heavy atom. The van der Waals surface area contributed by atoms with Gasteiger partial charge in [0.1, 0.15) is 0 Å². The topological polar surface area (TPSA) is 44.1 Å². The van der Waals surface area contributed by atoms with Gasteiger partial charge in [0.05, 0.1) is 12.0 Å². The van der Waals surface area contributed by atoms with Crippen molar-refractivity contribution in [2.24, 2.45) is 0 Å². The maximum atomic E-state index is 12.4. The van der Waals surface area contributed by atoms with Gasteiger partial charge in [0, 0.05) is 19.5 Å². The van der Waals surface area contributed by atoms with Crippen LogP contribution in [-0.2, 0) is 4.79 Å². The number of nitriles is 1. The van der Waals surface area contributed by atoms with Crippen molar-refractivity contribution in [1.82, 2.24) is 4.90 Å². The maximum absolute atomic E-state index is 12.4. The molecule has 1 aromatic rings. The molecule has 1 amide bonds. The van der Waals surface area contributed by atoms with Gasteiger partial charge in [-0.1, -0.05) is 42.7 Å². The van der Waals surface area contributed by atoms with E-state index >= 15 is 0 Å². The molecule has 3 heteroatoms. The molecule has 20 heavy (non-hydrogen) atoms. The second-order valence-electron chi connectivity index (χ2n) is 5.59. The van der Waals surface area contributed by atoms with Gasteiger partial charge in [-0.2, -0.15) is 5.26 Å². The number of carbonyl (C=O) groups excluding carboxylic acids is 1. The molecule has 0 saturated carbocycles. The predicted molar refractivity (Wildman–Crippen MR) is 79.2 cm³/mol. The van der Waals surface area contributed by atoms with Crippen LogP contribution in [0.4, 0.5) is 0 Å². The molecule has 1 aliphatic rings. The molecular weight excluding hydrogens is 248 g/mol. The minimum atomic E-state index is -0.328.